The van der Waals surface area contributed by atoms with Gasteiger partial charge in [-0.3, -0.25) is 4.79 Å². The zero-order valence-electron chi connectivity index (χ0n) is 11.1. The zero-order valence-corrected chi connectivity index (χ0v) is 11.1. The fourth-order valence-corrected chi connectivity index (χ4v) is 2.74. The minimum Gasteiger partial charge on any atom is -0.465 e. The number of carbonyl (C=O) groups excluding carboxylic acids is 1. The molecule has 1 fully saturated rings. The molecule has 0 spiro atoms. The minimum atomic E-state index is -1.04. The fraction of sp³-hybridized carbons (Fsp3) is 0.769. The summed E-state index contributed by atoms with van der Waals surface area (Å²) in [5.41, 5.74) is 0.787. The lowest BCUT2D eigenvalue weighted by atomic mass is 9.89. The molecule has 1 aliphatic heterocycles. The van der Waals surface area contributed by atoms with E-state index >= 15 is 0 Å². The Kier molecular flexibility index (Phi) is 4.76. The quantitative estimate of drug-likeness (QED) is 0.797. The average Bonchev–Trinajstić information content (AvgIpc) is 2.71. The molecule has 6 nitrogen and oxygen atoms in total. The summed E-state index contributed by atoms with van der Waals surface area (Å²) in [6.45, 7) is 1.05. The first-order valence-corrected chi connectivity index (χ1v) is 6.98. The van der Waals surface area contributed by atoms with Gasteiger partial charge in [0.15, 0.2) is 0 Å². The fourth-order valence-electron chi connectivity index (χ4n) is 2.74. The number of nitrogens with one attached hydrogen (secondary N) is 1. The van der Waals surface area contributed by atoms with Gasteiger partial charge in [0.05, 0.1) is 6.42 Å². The summed E-state index contributed by atoms with van der Waals surface area (Å²) in [6, 6.07) is 0. The van der Waals surface area contributed by atoms with Crippen molar-refractivity contribution < 1.29 is 14.7 Å². The van der Waals surface area contributed by atoms with Gasteiger partial charge in [-0.1, -0.05) is 19.3 Å². The molecule has 0 radical (unpaired) electrons. The normalized spacial score (nSPS) is 20.5. The van der Waals surface area contributed by atoms with Gasteiger partial charge in [-0.2, -0.15) is 5.10 Å². The van der Waals surface area contributed by atoms with Crippen molar-refractivity contribution in [3.05, 3.63) is 0 Å². The zero-order chi connectivity index (χ0) is 13.7. The largest absolute Gasteiger partial charge is 0.465 e. The summed E-state index contributed by atoms with van der Waals surface area (Å²) in [4.78, 5) is 22.2. The van der Waals surface area contributed by atoms with Crippen molar-refractivity contribution in [3.63, 3.8) is 0 Å². The van der Waals surface area contributed by atoms with Gasteiger partial charge < -0.3 is 10.4 Å². The predicted molar refractivity (Wildman–Crippen MR) is 71.0 cm³/mol. The van der Waals surface area contributed by atoms with E-state index in [1.165, 1.54) is 32.1 Å². The number of amides is 2. The van der Waals surface area contributed by atoms with Crippen LogP contribution in [0.5, 0.6) is 0 Å². The van der Waals surface area contributed by atoms with E-state index in [4.69, 9.17) is 5.11 Å². The second-order valence-corrected chi connectivity index (χ2v) is 5.30. The third-order valence-electron chi connectivity index (χ3n) is 3.75. The standard InChI is InChI=1S/C13H21N3O3/c17-12-8-11(6-7-14-13(18)19)15-16(12)9-10-4-2-1-3-5-10/h10,14H,1-9H2,(H,18,19). The second-order valence-electron chi connectivity index (χ2n) is 5.30. The Morgan fingerprint density at radius 2 is 2.11 bits per heavy atom. The van der Waals surface area contributed by atoms with E-state index in [2.05, 4.69) is 10.4 Å². The molecule has 1 saturated carbocycles. The first kappa shape index (κ1) is 13.8. The molecule has 0 bridgehead atoms. The Morgan fingerprint density at radius 3 is 2.79 bits per heavy atom. The molecule has 19 heavy (non-hydrogen) atoms. The number of hydrazone groups is 1. The van der Waals surface area contributed by atoms with E-state index in [-0.39, 0.29) is 5.91 Å². The molecule has 106 valence electrons. The maximum Gasteiger partial charge on any atom is 0.404 e. The Morgan fingerprint density at radius 1 is 1.37 bits per heavy atom. The first-order chi connectivity index (χ1) is 9.15. The Bertz CT molecular complexity index is 375. The molecule has 2 aliphatic rings. The molecule has 6 heteroatoms. The molecule has 2 amide bonds. The van der Waals surface area contributed by atoms with Crippen molar-refractivity contribution in [1.82, 2.24) is 10.3 Å². The summed E-state index contributed by atoms with van der Waals surface area (Å²) in [6.07, 6.45) is 6.01. The highest BCUT2D eigenvalue weighted by molar-refractivity contribution is 6.05. The van der Waals surface area contributed by atoms with Gasteiger partial charge in [0.25, 0.3) is 0 Å². The second kappa shape index (κ2) is 6.54. The van der Waals surface area contributed by atoms with Gasteiger partial charge in [0, 0.05) is 25.2 Å². The van der Waals surface area contributed by atoms with E-state index in [1.807, 2.05) is 0 Å². The van der Waals surface area contributed by atoms with Crippen LogP contribution >= 0.6 is 0 Å². The van der Waals surface area contributed by atoms with Crippen molar-refractivity contribution in [2.24, 2.45) is 11.0 Å². The monoisotopic (exact) mass is 267 g/mol. The van der Waals surface area contributed by atoms with Crippen LogP contribution in [0.3, 0.4) is 0 Å². The van der Waals surface area contributed by atoms with Crippen LogP contribution in [0.1, 0.15) is 44.9 Å². The molecule has 2 N–H and O–H groups in total. The van der Waals surface area contributed by atoms with Crippen molar-refractivity contribution >= 4 is 17.7 Å². The molecule has 2 rings (SSSR count). The number of nitrogens with zero attached hydrogens (tertiary/aromatic N) is 2. The van der Waals surface area contributed by atoms with Crippen molar-refractivity contribution in [2.45, 2.75) is 44.9 Å². The summed E-state index contributed by atoms with van der Waals surface area (Å²) in [7, 11) is 0. The molecular formula is C13H21N3O3. The van der Waals surface area contributed by atoms with Crippen LogP contribution < -0.4 is 5.32 Å². The van der Waals surface area contributed by atoms with Crippen LogP contribution in [0.25, 0.3) is 0 Å². The van der Waals surface area contributed by atoms with Crippen LogP contribution in [0.15, 0.2) is 5.10 Å². The third-order valence-corrected chi connectivity index (χ3v) is 3.75. The molecule has 0 saturated heterocycles. The summed E-state index contributed by atoms with van der Waals surface area (Å²) >= 11 is 0. The SMILES string of the molecule is O=C(O)NCCC1=NN(CC2CCCCC2)C(=O)C1. The number of hydrogen-bond donors (Lipinski definition) is 2. The lowest BCUT2D eigenvalue weighted by Gasteiger charge is -2.24. The summed E-state index contributed by atoms with van der Waals surface area (Å²) in [5.74, 6) is 0.633. The summed E-state index contributed by atoms with van der Waals surface area (Å²) in [5, 5.41) is 16.7. The molecular weight excluding hydrogens is 246 g/mol. The van der Waals surface area contributed by atoms with Crippen LogP contribution in [0.4, 0.5) is 4.79 Å². The highest BCUT2D eigenvalue weighted by Crippen LogP contribution is 2.25. The van der Waals surface area contributed by atoms with Crippen LogP contribution in [-0.4, -0.2) is 40.9 Å². The van der Waals surface area contributed by atoms with Gasteiger partial charge in [0.2, 0.25) is 5.91 Å². The number of hydrogen-bond acceptors (Lipinski definition) is 3. The number of carboxylic acid groups (broad SMARTS) is 1. The summed E-state index contributed by atoms with van der Waals surface area (Å²) < 4.78 is 0. The molecule has 0 atom stereocenters. The van der Waals surface area contributed by atoms with E-state index in [0.717, 1.165) is 12.3 Å². The topological polar surface area (TPSA) is 82.0 Å². The van der Waals surface area contributed by atoms with Crippen LogP contribution in [0, 0.1) is 5.92 Å². The maximum atomic E-state index is 11.8. The highest BCUT2D eigenvalue weighted by atomic mass is 16.4. The van der Waals surface area contributed by atoms with Gasteiger partial charge in [-0.25, -0.2) is 9.80 Å². The lowest BCUT2D eigenvalue weighted by Crippen LogP contribution is -2.28. The third kappa shape index (κ3) is 4.22. The van der Waals surface area contributed by atoms with Crippen LogP contribution in [0.2, 0.25) is 0 Å². The van der Waals surface area contributed by atoms with E-state index in [1.54, 1.807) is 5.01 Å². The number of carbonyl (C=O) groups is 2. The average molecular weight is 267 g/mol. The molecule has 0 unspecified atom stereocenters. The van der Waals surface area contributed by atoms with Crippen molar-refractivity contribution in [1.29, 1.82) is 0 Å². The van der Waals surface area contributed by atoms with Crippen molar-refractivity contribution in [3.8, 4) is 0 Å². The van der Waals surface area contributed by atoms with Crippen LogP contribution in [-0.2, 0) is 4.79 Å². The van der Waals surface area contributed by atoms with Gasteiger partial charge in [-0.15, -0.1) is 0 Å². The first-order valence-electron chi connectivity index (χ1n) is 6.98. The highest BCUT2D eigenvalue weighted by Gasteiger charge is 2.26. The molecule has 1 heterocycles. The molecule has 0 aromatic carbocycles. The Hall–Kier alpha value is -1.59. The van der Waals surface area contributed by atoms with Crippen molar-refractivity contribution in [2.75, 3.05) is 13.1 Å². The van der Waals surface area contributed by atoms with E-state index in [9.17, 15) is 9.59 Å². The van der Waals surface area contributed by atoms with E-state index in [0.29, 0.717) is 25.3 Å². The minimum absolute atomic E-state index is 0.0518. The molecule has 0 aromatic rings. The molecule has 1 aliphatic carbocycles. The Labute approximate surface area is 112 Å². The number of rotatable bonds is 5. The van der Waals surface area contributed by atoms with Gasteiger partial charge in [0.1, 0.15) is 0 Å². The van der Waals surface area contributed by atoms with E-state index < -0.39 is 6.09 Å². The van der Waals surface area contributed by atoms with Gasteiger partial charge >= 0.3 is 6.09 Å². The van der Waals surface area contributed by atoms with Gasteiger partial charge in [-0.05, 0) is 18.8 Å². The smallest absolute Gasteiger partial charge is 0.404 e. The molecule has 0 aromatic heterocycles. The maximum absolute atomic E-state index is 11.8. The Balaban J connectivity index is 1.78. The predicted octanol–water partition coefficient (Wildman–Crippen LogP) is 1.81. The lowest BCUT2D eigenvalue weighted by molar-refractivity contribution is -0.129.